The molecule has 0 aliphatic rings. The van der Waals surface area contributed by atoms with Gasteiger partial charge in [-0.1, -0.05) is 0 Å². The van der Waals surface area contributed by atoms with Crippen molar-refractivity contribution in [1.82, 2.24) is 0 Å². The predicted octanol–water partition coefficient (Wildman–Crippen LogP) is -2.79. The molecule has 0 aliphatic carbocycles. The molecule has 105 valence electrons. The first kappa shape index (κ1) is 25.6. The Balaban J connectivity index is -0.0000000655. The molecule has 0 bridgehead atoms. The van der Waals surface area contributed by atoms with Gasteiger partial charge in [-0.15, -0.1) is 0 Å². The van der Waals surface area contributed by atoms with Gasteiger partial charge in [-0.05, 0) is 0 Å². The van der Waals surface area contributed by atoms with Gasteiger partial charge in [-0.2, -0.15) is 0 Å². The molecule has 9 N–H and O–H groups in total. The second kappa shape index (κ2) is 9.82. The van der Waals surface area contributed by atoms with Crippen molar-refractivity contribution in [2.45, 2.75) is 0 Å². The molecule has 12 nitrogen and oxygen atoms in total. The van der Waals surface area contributed by atoms with Gasteiger partial charge in [-0.3, -0.25) is 0 Å². The maximum Gasteiger partial charge on any atom is 0.466 e. The van der Waals surface area contributed by atoms with Gasteiger partial charge >= 0.3 is 23.5 Å². The monoisotopic (exact) mass is 353 g/mol. The minimum atomic E-state index is -4.64. The summed E-state index contributed by atoms with van der Waals surface area (Å²) in [7, 11) is -13.9. The van der Waals surface area contributed by atoms with Crippen molar-refractivity contribution in [1.29, 1.82) is 0 Å². The molecule has 0 amide bonds. The topological polar surface area (TPSA) is 233 Å². The molecule has 0 fully saturated rings. The summed E-state index contributed by atoms with van der Waals surface area (Å²) >= 11 is 0. The maximum atomic E-state index is 8.88. The quantitative estimate of drug-likeness (QED) is 0.201. The van der Waals surface area contributed by atoms with Gasteiger partial charge < -0.3 is 44.0 Å². The van der Waals surface area contributed by atoms with E-state index in [1.807, 2.05) is 0 Å². The van der Waals surface area contributed by atoms with E-state index in [-0.39, 0.29) is 16.8 Å². The molecule has 0 rings (SSSR count). The maximum absolute atomic E-state index is 8.88. The zero-order valence-corrected chi connectivity index (χ0v) is 10.6. The average molecular weight is 353 g/mol. The van der Waals surface area contributed by atoms with Crippen LogP contribution in [0.25, 0.3) is 0 Å². The summed E-state index contributed by atoms with van der Waals surface area (Å²) in [6.45, 7) is 0. The molecule has 16 heavy (non-hydrogen) atoms. The van der Waals surface area contributed by atoms with Crippen molar-refractivity contribution in [3.8, 4) is 0 Å². The van der Waals surface area contributed by atoms with Crippen molar-refractivity contribution in [3.63, 3.8) is 0 Å². The van der Waals surface area contributed by atoms with Crippen LogP contribution < -0.4 is 0 Å². The molecule has 0 spiro atoms. The Morgan fingerprint density at radius 3 is 0.438 bits per heavy atom. The fraction of sp³-hybridized carbons (Fsp3) is 0. The van der Waals surface area contributed by atoms with Crippen LogP contribution in [0.4, 0.5) is 0 Å². The molecular formula is H9CoO12P3. The molecule has 16 heteroatoms. The molecule has 1 radical (unpaired) electrons. The summed E-state index contributed by atoms with van der Waals surface area (Å²) in [5.74, 6) is 0. The molecular weight excluding hydrogens is 344 g/mol. The second-order valence-electron chi connectivity index (χ2n) is 1.54. The zero-order chi connectivity index (χ0) is 13.5. The van der Waals surface area contributed by atoms with Crippen molar-refractivity contribution in [2.24, 2.45) is 0 Å². The first-order chi connectivity index (χ1) is 6.00. The minimum absolute atomic E-state index is 0. The Labute approximate surface area is 98.5 Å². The molecule has 0 heterocycles. The Hall–Kier alpha value is 0.836. The van der Waals surface area contributed by atoms with Crippen molar-refractivity contribution < 1.29 is 74.5 Å². The van der Waals surface area contributed by atoms with E-state index < -0.39 is 23.5 Å². The SMILES string of the molecule is O=P(O)(O)O.O=P(O)(O)O.O=P(O)(O)O.[Co]. The zero-order valence-electron chi connectivity index (χ0n) is 6.92. The number of rotatable bonds is 0. The van der Waals surface area contributed by atoms with Crippen LogP contribution in [-0.4, -0.2) is 44.0 Å². The number of hydrogen-bond donors (Lipinski definition) is 9. The van der Waals surface area contributed by atoms with E-state index in [0.29, 0.717) is 0 Å². The molecule has 0 saturated heterocycles. The Morgan fingerprint density at radius 1 is 0.438 bits per heavy atom. The smallest absolute Gasteiger partial charge is 0.303 e. The molecule has 0 saturated carbocycles. The first-order valence-corrected chi connectivity index (χ1v) is 7.04. The molecule has 0 aromatic heterocycles. The van der Waals surface area contributed by atoms with E-state index in [1.54, 1.807) is 0 Å². The fourth-order valence-electron chi connectivity index (χ4n) is 0. The van der Waals surface area contributed by atoms with Gasteiger partial charge in [0.25, 0.3) is 0 Å². The molecule has 0 unspecified atom stereocenters. The van der Waals surface area contributed by atoms with E-state index in [2.05, 4.69) is 0 Å². The molecule has 0 aromatic rings. The summed E-state index contributed by atoms with van der Waals surface area (Å²) in [5.41, 5.74) is 0. The molecule has 0 aromatic carbocycles. The van der Waals surface area contributed by atoms with Gasteiger partial charge in [0.1, 0.15) is 0 Å². The van der Waals surface area contributed by atoms with E-state index in [0.717, 1.165) is 0 Å². The van der Waals surface area contributed by atoms with Gasteiger partial charge in [-0.25, -0.2) is 13.7 Å². The van der Waals surface area contributed by atoms with E-state index >= 15 is 0 Å². The predicted molar refractivity (Wildman–Crippen MR) is 42.8 cm³/mol. The van der Waals surface area contributed by atoms with E-state index in [4.69, 9.17) is 57.7 Å². The van der Waals surface area contributed by atoms with Gasteiger partial charge in [0, 0.05) is 16.8 Å². The third-order valence-corrected chi connectivity index (χ3v) is 0. The largest absolute Gasteiger partial charge is 0.466 e. The summed E-state index contributed by atoms with van der Waals surface area (Å²) in [6, 6.07) is 0. The Bertz CT molecular complexity index is 202. The van der Waals surface area contributed by atoms with Crippen molar-refractivity contribution >= 4 is 23.5 Å². The van der Waals surface area contributed by atoms with Crippen LogP contribution >= 0.6 is 23.5 Å². The minimum Gasteiger partial charge on any atom is -0.303 e. The van der Waals surface area contributed by atoms with Crippen LogP contribution in [0, 0.1) is 0 Å². The summed E-state index contributed by atoms with van der Waals surface area (Å²) < 4.78 is 26.6. The Morgan fingerprint density at radius 2 is 0.438 bits per heavy atom. The average Bonchev–Trinajstić information content (AvgIpc) is 1.41. The van der Waals surface area contributed by atoms with Gasteiger partial charge in [0.2, 0.25) is 0 Å². The van der Waals surface area contributed by atoms with E-state index in [9.17, 15) is 0 Å². The standard InChI is InChI=1S/Co.3H3O4P/c;3*1-5(2,3)4/h;3*(H3,1,2,3,4). The van der Waals surface area contributed by atoms with Crippen molar-refractivity contribution in [2.75, 3.05) is 0 Å². The van der Waals surface area contributed by atoms with Gasteiger partial charge in [0.15, 0.2) is 0 Å². The van der Waals surface area contributed by atoms with E-state index in [1.165, 1.54) is 0 Å². The number of hydrogen-bond acceptors (Lipinski definition) is 3. The number of phosphoric acid groups is 3. The normalized spacial score (nSPS) is 11.1. The fourth-order valence-corrected chi connectivity index (χ4v) is 0. The van der Waals surface area contributed by atoms with Crippen LogP contribution in [-0.2, 0) is 30.5 Å². The summed E-state index contributed by atoms with van der Waals surface area (Å²) in [5, 5.41) is 0. The van der Waals surface area contributed by atoms with Crippen LogP contribution in [0.15, 0.2) is 0 Å². The van der Waals surface area contributed by atoms with Crippen LogP contribution in [0.3, 0.4) is 0 Å². The molecule has 0 aliphatic heterocycles. The van der Waals surface area contributed by atoms with Crippen molar-refractivity contribution in [3.05, 3.63) is 0 Å². The third kappa shape index (κ3) is 4060. The third-order valence-electron chi connectivity index (χ3n) is 0. The summed E-state index contributed by atoms with van der Waals surface area (Å²) in [6.07, 6.45) is 0. The Kier molecular flexibility index (Phi) is 15.7. The van der Waals surface area contributed by atoms with Crippen LogP contribution in [0.5, 0.6) is 0 Å². The van der Waals surface area contributed by atoms with Crippen LogP contribution in [0.1, 0.15) is 0 Å². The van der Waals surface area contributed by atoms with Gasteiger partial charge in [0.05, 0.1) is 0 Å². The van der Waals surface area contributed by atoms with Crippen LogP contribution in [0.2, 0.25) is 0 Å². The second-order valence-corrected chi connectivity index (χ2v) is 4.62. The molecule has 0 atom stereocenters. The summed E-state index contributed by atoms with van der Waals surface area (Å²) in [4.78, 5) is 64.7. The first-order valence-electron chi connectivity index (χ1n) is 2.35.